The van der Waals surface area contributed by atoms with E-state index >= 15 is 0 Å². The number of carbonyl (C=O) groups is 1. The average Bonchev–Trinajstić information content (AvgIpc) is 2.45. The Kier molecular flexibility index (Phi) is 6.43. The second kappa shape index (κ2) is 8.09. The van der Waals surface area contributed by atoms with E-state index in [0.717, 1.165) is 0 Å². The molecule has 0 saturated carbocycles. The maximum Gasteiger partial charge on any atom is 0.340 e. The van der Waals surface area contributed by atoms with E-state index in [9.17, 15) is 9.18 Å². The molecule has 1 atom stereocenters. The maximum absolute atomic E-state index is 14.5. The second-order valence-electron chi connectivity index (χ2n) is 4.01. The van der Waals surface area contributed by atoms with Crippen molar-refractivity contribution in [1.29, 1.82) is 0 Å². The second-order valence-corrected chi connectivity index (χ2v) is 4.01. The van der Waals surface area contributed by atoms with Gasteiger partial charge in [0.05, 0.1) is 18.2 Å². The lowest BCUT2D eigenvalue weighted by atomic mass is 10.0. The topological polar surface area (TPSA) is 50.7 Å². The van der Waals surface area contributed by atoms with E-state index in [-0.39, 0.29) is 12.2 Å². The van der Waals surface area contributed by atoms with E-state index in [1.807, 2.05) is 0 Å². The number of carbonyl (C=O) groups excluding carboxylic acids is 1. The van der Waals surface area contributed by atoms with Crippen molar-refractivity contribution in [3.05, 3.63) is 48.5 Å². The van der Waals surface area contributed by atoms with Crippen molar-refractivity contribution in [2.45, 2.75) is 26.3 Å². The van der Waals surface area contributed by atoms with Gasteiger partial charge in [-0.05, 0) is 32.4 Å². The minimum Gasteiger partial charge on any atom is -0.462 e. The lowest BCUT2D eigenvalue weighted by Gasteiger charge is -2.21. The van der Waals surface area contributed by atoms with Gasteiger partial charge in [0.25, 0.3) is 0 Å². The van der Waals surface area contributed by atoms with Gasteiger partial charge in [0.15, 0.2) is 0 Å². The van der Waals surface area contributed by atoms with Crippen LogP contribution < -0.4 is 5.32 Å². The molecular weight excluding hydrogens is 259 g/mol. The van der Waals surface area contributed by atoms with Crippen molar-refractivity contribution < 1.29 is 13.9 Å². The summed E-state index contributed by atoms with van der Waals surface area (Å²) in [5, 5.41) is 2.91. The Balaban J connectivity index is 3.03. The van der Waals surface area contributed by atoms with Crippen LogP contribution in [0.15, 0.2) is 53.5 Å². The molecule has 0 fully saturated rings. The first-order valence-corrected chi connectivity index (χ1v) is 6.45. The van der Waals surface area contributed by atoms with Crippen LogP contribution in [0.1, 0.15) is 20.3 Å². The van der Waals surface area contributed by atoms with Crippen LogP contribution in [-0.4, -0.2) is 24.5 Å². The van der Waals surface area contributed by atoms with Gasteiger partial charge in [-0.25, -0.2) is 14.2 Å². The number of rotatable bonds is 5. The van der Waals surface area contributed by atoms with Gasteiger partial charge in [0.1, 0.15) is 11.7 Å². The first kappa shape index (κ1) is 15.9. The lowest BCUT2D eigenvalue weighted by Crippen LogP contribution is -2.37. The molecule has 1 N–H and O–H groups in total. The molecule has 4 nitrogen and oxygen atoms in total. The summed E-state index contributed by atoms with van der Waals surface area (Å²) < 4.78 is 19.3. The number of allylic oxidation sites excluding steroid dienone is 1. The van der Waals surface area contributed by atoms with Gasteiger partial charge in [-0.3, -0.25) is 0 Å². The highest BCUT2D eigenvalue weighted by Crippen LogP contribution is 2.19. The van der Waals surface area contributed by atoms with Crippen molar-refractivity contribution in [2.75, 3.05) is 6.61 Å². The van der Waals surface area contributed by atoms with Crippen LogP contribution in [0.4, 0.5) is 4.39 Å². The van der Waals surface area contributed by atoms with Crippen LogP contribution >= 0.6 is 0 Å². The highest BCUT2D eigenvalue weighted by atomic mass is 19.1. The summed E-state index contributed by atoms with van der Waals surface area (Å²) in [5.74, 6) is -0.709. The maximum atomic E-state index is 14.5. The van der Waals surface area contributed by atoms with Crippen molar-refractivity contribution >= 4 is 11.8 Å². The van der Waals surface area contributed by atoms with Crippen LogP contribution in [0.3, 0.4) is 0 Å². The zero-order chi connectivity index (χ0) is 15.0. The summed E-state index contributed by atoms with van der Waals surface area (Å²) in [6.45, 7) is 7.09. The van der Waals surface area contributed by atoms with Gasteiger partial charge in [-0.2, -0.15) is 0 Å². The molecule has 0 saturated heterocycles. The normalized spacial score (nSPS) is 21.6. The third kappa shape index (κ3) is 4.19. The summed E-state index contributed by atoms with van der Waals surface area (Å²) in [4.78, 5) is 15.7. The summed E-state index contributed by atoms with van der Waals surface area (Å²) in [7, 11) is 0. The fraction of sp³-hybridized carbons (Fsp3) is 0.333. The molecule has 5 heteroatoms. The van der Waals surface area contributed by atoms with Crippen molar-refractivity contribution in [3.63, 3.8) is 0 Å². The van der Waals surface area contributed by atoms with Crippen molar-refractivity contribution in [3.8, 4) is 0 Å². The highest BCUT2D eigenvalue weighted by Gasteiger charge is 2.23. The minimum absolute atomic E-state index is 0.0693. The Morgan fingerprint density at radius 3 is 3.05 bits per heavy atom. The molecule has 1 aliphatic heterocycles. The molecule has 0 amide bonds. The fourth-order valence-electron chi connectivity index (χ4n) is 1.76. The van der Waals surface area contributed by atoms with Crippen LogP contribution in [0.25, 0.3) is 0 Å². The Hall–Kier alpha value is -2.17. The Morgan fingerprint density at radius 2 is 2.45 bits per heavy atom. The molecule has 0 bridgehead atoms. The number of amidine groups is 1. The fourth-order valence-corrected chi connectivity index (χ4v) is 1.76. The van der Waals surface area contributed by atoms with E-state index in [2.05, 4.69) is 16.9 Å². The van der Waals surface area contributed by atoms with Crippen LogP contribution in [0, 0.1) is 0 Å². The molecule has 20 heavy (non-hydrogen) atoms. The molecule has 108 valence electrons. The number of halogens is 1. The number of ether oxygens (including phenoxy) is 1. The van der Waals surface area contributed by atoms with Gasteiger partial charge in [-0.15, -0.1) is 0 Å². The average molecular weight is 278 g/mol. The third-order valence-electron chi connectivity index (χ3n) is 2.59. The molecule has 1 unspecified atom stereocenters. The SMILES string of the molecule is C=C/N=C1/C=CCC(C(F)=C(/C=C\C)C(=O)OCC)N1. The molecule has 1 heterocycles. The Labute approximate surface area is 118 Å². The van der Waals surface area contributed by atoms with E-state index < -0.39 is 17.8 Å². The number of esters is 1. The molecule has 0 aromatic carbocycles. The van der Waals surface area contributed by atoms with Crippen LogP contribution in [0.2, 0.25) is 0 Å². The number of nitrogens with zero attached hydrogens (tertiary/aromatic N) is 1. The standard InChI is InChI=1S/C15H19FN2O2/c1-4-8-11(15(19)20-6-3)14(16)12-9-7-10-13(18-12)17-5-2/h4-5,7-8,10,12H,2,6,9H2,1,3H3,(H,17,18)/b8-4-,14-11?. The molecule has 0 aromatic heterocycles. The zero-order valence-corrected chi connectivity index (χ0v) is 11.7. The third-order valence-corrected chi connectivity index (χ3v) is 2.59. The van der Waals surface area contributed by atoms with E-state index in [1.54, 1.807) is 32.1 Å². The molecule has 1 rings (SSSR count). The number of aliphatic imine (C=N–C) groups is 1. The lowest BCUT2D eigenvalue weighted by molar-refractivity contribution is -0.138. The first-order chi connectivity index (χ1) is 9.63. The van der Waals surface area contributed by atoms with Crippen LogP contribution in [-0.2, 0) is 9.53 Å². The Morgan fingerprint density at radius 1 is 1.70 bits per heavy atom. The van der Waals surface area contributed by atoms with E-state index in [1.165, 1.54) is 12.3 Å². The predicted octanol–water partition coefficient (Wildman–Crippen LogP) is 2.81. The quantitative estimate of drug-likeness (QED) is 0.478. The van der Waals surface area contributed by atoms with E-state index in [0.29, 0.717) is 12.3 Å². The molecule has 0 radical (unpaired) electrons. The highest BCUT2D eigenvalue weighted by molar-refractivity contribution is 5.95. The first-order valence-electron chi connectivity index (χ1n) is 6.45. The Bertz CT molecular complexity index is 490. The summed E-state index contributed by atoms with van der Waals surface area (Å²) >= 11 is 0. The summed E-state index contributed by atoms with van der Waals surface area (Å²) in [6.07, 6.45) is 8.35. The zero-order valence-electron chi connectivity index (χ0n) is 11.7. The number of hydrogen-bond acceptors (Lipinski definition) is 3. The van der Waals surface area contributed by atoms with Gasteiger partial charge >= 0.3 is 5.97 Å². The number of nitrogens with one attached hydrogen (secondary N) is 1. The molecular formula is C15H19FN2O2. The molecule has 0 spiro atoms. The minimum atomic E-state index is -0.665. The van der Waals surface area contributed by atoms with Gasteiger partial charge in [0.2, 0.25) is 0 Å². The largest absolute Gasteiger partial charge is 0.462 e. The molecule has 0 aliphatic carbocycles. The van der Waals surface area contributed by atoms with Crippen molar-refractivity contribution in [2.24, 2.45) is 4.99 Å². The van der Waals surface area contributed by atoms with Gasteiger partial charge < -0.3 is 10.1 Å². The summed E-state index contributed by atoms with van der Waals surface area (Å²) in [5.41, 5.74) is -0.0693. The van der Waals surface area contributed by atoms with Crippen molar-refractivity contribution in [1.82, 2.24) is 5.32 Å². The van der Waals surface area contributed by atoms with Crippen LogP contribution in [0.5, 0.6) is 0 Å². The van der Waals surface area contributed by atoms with E-state index in [4.69, 9.17) is 4.74 Å². The van der Waals surface area contributed by atoms with Gasteiger partial charge in [-0.1, -0.05) is 18.7 Å². The summed E-state index contributed by atoms with van der Waals surface area (Å²) in [6, 6.07) is -0.630. The molecule has 0 aromatic rings. The smallest absolute Gasteiger partial charge is 0.340 e. The monoisotopic (exact) mass is 278 g/mol. The predicted molar refractivity (Wildman–Crippen MR) is 77.9 cm³/mol. The molecule has 1 aliphatic rings. The van der Waals surface area contributed by atoms with Gasteiger partial charge in [0, 0.05) is 6.20 Å². The number of hydrogen-bond donors (Lipinski definition) is 1.